The highest BCUT2D eigenvalue weighted by molar-refractivity contribution is 7.92. The lowest BCUT2D eigenvalue weighted by Gasteiger charge is -2.23. The van der Waals surface area contributed by atoms with Crippen molar-refractivity contribution in [3.8, 4) is 5.75 Å². The smallest absolute Gasteiger partial charge is 0.245 e. The number of hydrogen-bond acceptors (Lipinski definition) is 4. The number of sulfonamides is 1. The lowest BCUT2D eigenvalue weighted by molar-refractivity contribution is -0.114. The molecule has 2 rings (SSSR count). The van der Waals surface area contributed by atoms with Crippen LogP contribution in [0.3, 0.4) is 0 Å². The Morgan fingerprint density at radius 1 is 1.14 bits per heavy atom. The zero-order chi connectivity index (χ0) is 20.9. The van der Waals surface area contributed by atoms with Crippen LogP contribution in [0.15, 0.2) is 42.5 Å². The summed E-state index contributed by atoms with van der Waals surface area (Å²) in [5.41, 5.74) is 3.10. The molecule has 2 aromatic rings. The number of para-hydroxylation sites is 1. The van der Waals surface area contributed by atoms with Gasteiger partial charge >= 0.3 is 0 Å². The summed E-state index contributed by atoms with van der Waals surface area (Å²) in [7, 11) is -3.64. The molecule has 0 aliphatic rings. The second-order valence-electron chi connectivity index (χ2n) is 6.94. The third-order valence-electron chi connectivity index (χ3n) is 4.31. The second-order valence-corrected chi connectivity index (χ2v) is 8.85. The van der Waals surface area contributed by atoms with Gasteiger partial charge < -0.3 is 10.1 Å². The first-order valence-corrected chi connectivity index (χ1v) is 11.1. The maximum Gasteiger partial charge on any atom is 0.245 e. The van der Waals surface area contributed by atoms with E-state index < -0.39 is 15.9 Å². The summed E-state index contributed by atoms with van der Waals surface area (Å²) >= 11 is 0. The summed E-state index contributed by atoms with van der Waals surface area (Å²) in [5, 5.41) is 2.89. The molecular formula is C21H28N2O4S. The molecule has 0 saturated heterocycles. The summed E-state index contributed by atoms with van der Waals surface area (Å²) in [6.45, 7) is 8.10. The van der Waals surface area contributed by atoms with Crippen molar-refractivity contribution in [3.63, 3.8) is 0 Å². The SMILES string of the molecule is CCOc1ccc(N(CC(=O)Nc2c(C)cccc2C(C)C)S(C)(=O)=O)cc1. The number of carbonyl (C=O) groups is 1. The van der Waals surface area contributed by atoms with Crippen molar-refractivity contribution in [1.29, 1.82) is 0 Å². The quantitative estimate of drug-likeness (QED) is 0.723. The van der Waals surface area contributed by atoms with E-state index in [1.807, 2.05) is 45.9 Å². The van der Waals surface area contributed by atoms with Crippen LogP contribution in [0.1, 0.15) is 37.8 Å². The van der Waals surface area contributed by atoms with Crippen molar-refractivity contribution in [1.82, 2.24) is 0 Å². The fourth-order valence-electron chi connectivity index (χ4n) is 2.93. The molecule has 0 saturated carbocycles. The molecule has 0 spiro atoms. The highest BCUT2D eigenvalue weighted by Gasteiger charge is 2.22. The number of nitrogens with zero attached hydrogens (tertiary/aromatic N) is 1. The molecule has 0 aliphatic carbocycles. The first kappa shape index (κ1) is 21.8. The number of amides is 1. The predicted molar refractivity (Wildman–Crippen MR) is 114 cm³/mol. The Morgan fingerprint density at radius 3 is 2.32 bits per heavy atom. The zero-order valence-electron chi connectivity index (χ0n) is 17.0. The largest absolute Gasteiger partial charge is 0.494 e. The Hall–Kier alpha value is -2.54. The third-order valence-corrected chi connectivity index (χ3v) is 5.46. The molecule has 152 valence electrons. The van der Waals surface area contributed by atoms with Gasteiger partial charge in [-0.25, -0.2) is 8.42 Å². The lowest BCUT2D eigenvalue weighted by atomic mass is 9.98. The molecule has 6 nitrogen and oxygen atoms in total. The number of carbonyl (C=O) groups excluding carboxylic acids is 1. The highest BCUT2D eigenvalue weighted by Crippen LogP contribution is 2.28. The Bertz CT molecular complexity index is 922. The summed E-state index contributed by atoms with van der Waals surface area (Å²) in [5.74, 6) is 0.480. The average Bonchev–Trinajstić information content (AvgIpc) is 2.61. The van der Waals surface area contributed by atoms with Crippen LogP contribution in [-0.4, -0.2) is 33.7 Å². The van der Waals surface area contributed by atoms with Gasteiger partial charge in [-0.1, -0.05) is 32.0 Å². The fraction of sp³-hybridized carbons (Fsp3) is 0.381. The molecule has 0 fully saturated rings. The Morgan fingerprint density at radius 2 is 1.79 bits per heavy atom. The van der Waals surface area contributed by atoms with Crippen LogP contribution >= 0.6 is 0 Å². The van der Waals surface area contributed by atoms with E-state index in [9.17, 15) is 13.2 Å². The van der Waals surface area contributed by atoms with Crippen LogP contribution < -0.4 is 14.4 Å². The van der Waals surface area contributed by atoms with Gasteiger partial charge in [0.15, 0.2) is 0 Å². The molecule has 2 aromatic carbocycles. The second kappa shape index (κ2) is 9.10. The minimum Gasteiger partial charge on any atom is -0.494 e. The third kappa shape index (κ3) is 5.48. The van der Waals surface area contributed by atoms with Gasteiger partial charge in [0.1, 0.15) is 12.3 Å². The van der Waals surface area contributed by atoms with Gasteiger partial charge in [0.2, 0.25) is 15.9 Å². The first-order chi connectivity index (χ1) is 13.1. The fourth-order valence-corrected chi connectivity index (χ4v) is 3.78. The van der Waals surface area contributed by atoms with Crippen LogP contribution in [-0.2, 0) is 14.8 Å². The average molecular weight is 405 g/mol. The van der Waals surface area contributed by atoms with E-state index in [-0.39, 0.29) is 12.5 Å². The number of rotatable bonds is 8. The molecule has 0 bridgehead atoms. The summed E-state index contributed by atoms with van der Waals surface area (Å²) in [6, 6.07) is 12.5. The maximum atomic E-state index is 12.7. The molecule has 1 amide bonds. The predicted octanol–water partition coefficient (Wildman–Crippen LogP) is 3.92. The van der Waals surface area contributed by atoms with Crippen molar-refractivity contribution in [2.75, 3.05) is 29.0 Å². The Labute approximate surface area is 167 Å². The van der Waals surface area contributed by atoms with Crippen LogP contribution in [0.4, 0.5) is 11.4 Å². The molecule has 7 heteroatoms. The number of hydrogen-bond donors (Lipinski definition) is 1. The molecule has 0 radical (unpaired) electrons. The Kier molecular flexibility index (Phi) is 7.07. The van der Waals surface area contributed by atoms with Gasteiger partial charge in [0, 0.05) is 5.69 Å². The standard InChI is InChI=1S/C21H28N2O4S/c1-6-27-18-12-10-17(11-13-18)23(28(5,25)26)14-20(24)22-21-16(4)8-7-9-19(21)15(2)3/h7-13,15H,6,14H2,1-5H3,(H,22,24). The zero-order valence-corrected chi connectivity index (χ0v) is 17.8. The monoisotopic (exact) mass is 404 g/mol. The normalized spacial score (nSPS) is 11.4. The van der Waals surface area contributed by atoms with Gasteiger partial charge in [-0.3, -0.25) is 9.10 Å². The number of ether oxygens (including phenoxy) is 1. The van der Waals surface area contributed by atoms with Crippen molar-refractivity contribution in [2.24, 2.45) is 0 Å². The number of aryl methyl sites for hydroxylation is 1. The van der Waals surface area contributed by atoms with E-state index in [0.717, 1.165) is 27.4 Å². The van der Waals surface area contributed by atoms with Gasteiger partial charge in [-0.05, 0) is 55.2 Å². The lowest BCUT2D eigenvalue weighted by Crippen LogP contribution is -2.37. The van der Waals surface area contributed by atoms with E-state index in [2.05, 4.69) is 5.32 Å². The van der Waals surface area contributed by atoms with Crippen molar-refractivity contribution >= 4 is 27.3 Å². The van der Waals surface area contributed by atoms with E-state index in [1.54, 1.807) is 24.3 Å². The molecule has 0 aromatic heterocycles. The van der Waals surface area contributed by atoms with Crippen molar-refractivity contribution in [3.05, 3.63) is 53.6 Å². The van der Waals surface area contributed by atoms with E-state index >= 15 is 0 Å². The first-order valence-electron chi connectivity index (χ1n) is 9.23. The molecule has 0 heterocycles. The van der Waals surface area contributed by atoms with Crippen LogP contribution in [0, 0.1) is 6.92 Å². The summed E-state index contributed by atoms with van der Waals surface area (Å²) < 4.78 is 31.1. The van der Waals surface area contributed by atoms with Gasteiger partial charge in [0.25, 0.3) is 0 Å². The van der Waals surface area contributed by atoms with E-state index in [0.29, 0.717) is 18.0 Å². The van der Waals surface area contributed by atoms with Crippen LogP contribution in [0.5, 0.6) is 5.75 Å². The van der Waals surface area contributed by atoms with Gasteiger partial charge in [-0.15, -0.1) is 0 Å². The molecule has 28 heavy (non-hydrogen) atoms. The maximum absolute atomic E-state index is 12.7. The van der Waals surface area contributed by atoms with Crippen LogP contribution in [0.25, 0.3) is 0 Å². The Balaban J connectivity index is 2.26. The molecule has 1 N–H and O–H groups in total. The van der Waals surface area contributed by atoms with E-state index in [1.165, 1.54) is 0 Å². The topological polar surface area (TPSA) is 75.7 Å². The van der Waals surface area contributed by atoms with Crippen molar-refractivity contribution in [2.45, 2.75) is 33.6 Å². The van der Waals surface area contributed by atoms with Crippen LogP contribution in [0.2, 0.25) is 0 Å². The minimum absolute atomic E-state index is 0.229. The number of benzene rings is 2. The molecule has 0 atom stereocenters. The highest BCUT2D eigenvalue weighted by atomic mass is 32.2. The van der Waals surface area contributed by atoms with Gasteiger partial charge in [0.05, 0.1) is 18.6 Å². The summed E-state index contributed by atoms with van der Waals surface area (Å²) in [6.07, 6.45) is 1.09. The molecule has 0 unspecified atom stereocenters. The molecule has 0 aliphatic heterocycles. The molecular weight excluding hydrogens is 376 g/mol. The van der Waals surface area contributed by atoms with E-state index in [4.69, 9.17) is 4.74 Å². The number of nitrogens with one attached hydrogen (secondary N) is 1. The number of anilines is 2. The van der Waals surface area contributed by atoms with Gasteiger partial charge in [-0.2, -0.15) is 0 Å². The summed E-state index contributed by atoms with van der Waals surface area (Å²) in [4.78, 5) is 12.7. The minimum atomic E-state index is -3.64. The van der Waals surface area contributed by atoms with Crippen molar-refractivity contribution < 1.29 is 17.9 Å².